The Hall–Kier alpha value is -1.96. The highest BCUT2D eigenvalue weighted by molar-refractivity contribution is 7.89. The van der Waals surface area contributed by atoms with E-state index in [0.717, 1.165) is 5.56 Å². The maximum absolute atomic E-state index is 12.9. The van der Waals surface area contributed by atoms with E-state index in [2.05, 4.69) is 4.72 Å². The first-order valence-corrected chi connectivity index (χ1v) is 9.40. The van der Waals surface area contributed by atoms with Crippen LogP contribution in [0, 0.1) is 5.82 Å². The van der Waals surface area contributed by atoms with Gasteiger partial charge in [-0.05, 0) is 29.8 Å². The van der Waals surface area contributed by atoms with Crippen molar-refractivity contribution in [1.29, 1.82) is 0 Å². The Morgan fingerprint density at radius 2 is 1.80 bits per heavy atom. The minimum atomic E-state index is -3.76. The van der Waals surface area contributed by atoms with Crippen molar-refractivity contribution in [1.82, 2.24) is 9.62 Å². The molecule has 0 atom stereocenters. The minimum absolute atomic E-state index is 0.00965. The fourth-order valence-corrected chi connectivity index (χ4v) is 3.75. The lowest BCUT2D eigenvalue weighted by molar-refractivity contribution is -0.129. The standard InChI is InChI=1S/C17H18ClFN2O3S/c1-13(22)21(12-14-6-8-15(19)9-7-14)11-10-20-25(23,24)17-5-3-2-4-16(17)18/h2-9,20H,10-12H2,1H3. The van der Waals surface area contributed by atoms with Crippen LogP contribution in [0.2, 0.25) is 5.02 Å². The second-order valence-corrected chi connectivity index (χ2v) is 7.54. The Labute approximate surface area is 151 Å². The van der Waals surface area contributed by atoms with Crippen LogP contribution in [0.4, 0.5) is 4.39 Å². The first-order valence-electron chi connectivity index (χ1n) is 7.54. The van der Waals surface area contributed by atoms with Crippen molar-refractivity contribution in [2.45, 2.75) is 18.4 Å². The maximum Gasteiger partial charge on any atom is 0.242 e. The number of nitrogens with zero attached hydrogens (tertiary/aromatic N) is 1. The first kappa shape index (κ1) is 19.4. The van der Waals surface area contributed by atoms with Crippen LogP contribution in [0.15, 0.2) is 53.4 Å². The third-order valence-electron chi connectivity index (χ3n) is 3.53. The molecule has 0 bridgehead atoms. The second-order valence-electron chi connectivity index (χ2n) is 5.40. The second kappa shape index (κ2) is 8.42. The molecule has 0 aliphatic rings. The van der Waals surface area contributed by atoms with Gasteiger partial charge in [0.25, 0.3) is 0 Å². The van der Waals surface area contributed by atoms with E-state index >= 15 is 0 Å². The van der Waals surface area contributed by atoms with Gasteiger partial charge in [-0.2, -0.15) is 0 Å². The third-order valence-corrected chi connectivity index (χ3v) is 5.49. The molecular weight excluding hydrogens is 367 g/mol. The van der Waals surface area contributed by atoms with Crippen molar-refractivity contribution >= 4 is 27.5 Å². The van der Waals surface area contributed by atoms with E-state index in [4.69, 9.17) is 11.6 Å². The molecule has 0 aliphatic heterocycles. The molecule has 0 spiro atoms. The minimum Gasteiger partial charge on any atom is -0.337 e. The average Bonchev–Trinajstić information content (AvgIpc) is 2.55. The van der Waals surface area contributed by atoms with Crippen molar-refractivity contribution in [2.75, 3.05) is 13.1 Å². The average molecular weight is 385 g/mol. The van der Waals surface area contributed by atoms with Crippen LogP contribution in [0.1, 0.15) is 12.5 Å². The highest BCUT2D eigenvalue weighted by Crippen LogP contribution is 2.19. The number of halogens is 2. The number of rotatable bonds is 7. The summed E-state index contributed by atoms with van der Waals surface area (Å²) < 4.78 is 39.9. The molecular formula is C17H18ClFN2O3S. The van der Waals surface area contributed by atoms with Crippen LogP contribution in [-0.2, 0) is 21.4 Å². The van der Waals surface area contributed by atoms with Gasteiger partial charge in [0.05, 0.1) is 5.02 Å². The lowest BCUT2D eigenvalue weighted by atomic mass is 10.2. The number of amides is 1. The van der Waals surface area contributed by atoms with Gasteiger partial charge in [-0.1, -0.05) is 35.9 Å². The van der Waals surface area contributed by atoms with Crippen LogP contribution in [0.25, 0.3) is 0 Å². The normalized spacial score (nSPS) is 11.3. The van der Waals surface area contributed by atoms with Crippen molar-refractivity contribution in [3.63, 3.8) is 0 Å². The predicted molar refractivity (Wildman–Crippen MR) is 94.1 cm³/mol. The number of hydrogen-bond donors (Lipinski definition) is 1. The first-order chi connectivity index (χ1) is 11.8. The number of carbonyl (C=O) groups is 1. The Kier molecular flexibility index (Phi) is 6.52. The van der Waals surface area contributed by atoms with Gasteiger partial charge in [-0.15, -0.1) is 0 Å². The van der Waals surface area contributed by atoms with E-state index in [0.29, 0.717) is 0 Å². The molecule has 8 heteroatoms. The fourth-order valence-electron chi connectivity index (χ4n) is 2.21. The van der Waals surface area contributed by atoms with E-state index in [1.165, 1.54) is 36.1 Å². The lowest BCUT2D eigenvalue weighted by Gasteiger charge is -2.21. The quantitative estimate of drug-likeness (QED) is 0.798. The van der Waals surface area contributed by atoms with Crippen molar-refractivity contribution < 1.29 is 17.6 Å². The number of benzene rings is 2. The molecule has 0 unspecified atom stereocenters. The monoisotopic (exact) mass is 384 g/mol. The summed E-state index contributed by atoms with van der Waals surface area (Å²) in [6, 6.07) is 11.9. The van der Waals surface area contributed by atoms with Gasteiger partial charge in [-0.3, -0.25) is 4.79 Å². The summed E-state index contributed by atoms with van der Waals surface area (Å²) in [6.45, 7) is 1.88. The summed E-state index contributed by atoms with van der Waals surface area (Å²) in [4.78, 5) is 13.2. The molecule has 1 N–H and O–H groups in total. The summed E-state index contributed by atoms with van der Waals surface area (Å²) in [6.07, 6.45) is 0. The Morgan fingerprint density at radius 3 is 2.40 bits per heavy atom. The molecule has 0 saturated heterocycles. The van der Waals surface area contributed by atoms with Crippen molar-refractivity contribution in [3.8, 4) is 0 Å². The number of carbonyl (C=O) groups excluding carboxylic acids is 1. The molecule has 2 aromatic carbocycles. The molecule has 0 radical (unpaired) electrons. The molecule has 0 saturated carbocycles. The topological polar surface area (TPSA) is 66.5 Å². The van der Waals surface area contributed by atoms with E-state index in [1.54, 1.807) is 24.3 Å². The van der Waals surface area contributed by atoms with Gasteiger partial charge in [0.1, 0.15) is 10.7 Å². The highest BCUT2D eigenvalue weighted by atomic mass is 35.5. The molecule has 134 valence electrons. The zero-order valence-corrected chi connectivity index (χ0v) is 15.1. The van der Waals surface area contributed by atoms with Crippen LogP contribution < -0.4 is 4.72 Å². The molecule has 1 amide bonds. The van der Waals surface area contributed by atoms with Crippen molar-refractivity contribution in [2.24, 2.45) is 0 Å². The molecule has 0 heterocycles. The zero-order valence-electron chi connectivity index (χ0n) is 13.6. The zero-order chi connectivity index (χ0) is 18.4. The number of sulfonamides is 1. The summed E-state index contributed by atoms with van der Waals surface area (Å²) in [5.41, 5.74) is 0.755. The Morgan fingerprint density at radius 1 is 1.16 bits per heavy atom. The molecule has 0 fully saturated rings. The maximum atomic E-state index is 12.9. The lowest BCUT2D eigenvalue weighted by Crippen LogP contribution is -2.37. The van der Waals surface area contributed by atoms with E-state index in [9.17, 15) is 17.6 Å². The summed E-state index contributed by atoms with van der Waals surface area (Å²) in [5.74, 6) is -0.563. The van der Waals surface area contributed by atoms with Gasteiger partial charge in [0, 0.05) is 26.6 Å². The van der Waals surface area contributed by atoms with Gasteiger partial charge in [0.2, 0.25) is 15.9 Å². The fraction of sp³-hybridized carbons (Fsp3) is 0.235. The Balaban J connectivity index is 1.98. The van der Waals surface area contributed by atoms with Crippen LogP contribution in [0.5, 0.6) is 0 Å². The van der Waals surface area contributed by atoms with Gasteiger partial charge in [-0.25, -0.2) is 17.5 Å². The van der Waals surface area contributed by atoms with E-state index in [1.807, 2.05) is 0 Å². The van der Waals surface area contributed by atoms with Gasteiger partial charge in [0.15, 0.2) is 0 Å². The summed E-state index contributed by atoms with van der Waals surface area (Å²) >= 11 is 5.91. The van der Waals surface area contributed by atoms with Crippen LogP contribution in [-0.4, -0.2) is 32.3 Å². The molecule has 2 rings (SSSR count). The highest BCUT2D eigenvalue weighted by Gasteiger charge is 2.18. The molecule has 5 nitrogen and oxygen atoms in total. The van der Waals surface area contributed by atoms with Crippen molar-refractivity contribution in [3.05, 3.63) is 64.9 Å². The molecule has 0 aromatic heterocycles. The van der Waals surface area contributed by atoms with E-state index < -0.39 is 10.0 Å². The smallest absolute Gasteiger partial charge is 0.242 e. The van der Waals surface area contributed by atoms with Gasteiger partial charge < -0.3 is 4.90 Å². The number of nitrogens with one attached hydrogen (secondary N) is 1. The third kappa shape index (κ3) is 5.52. The largest absolute Gasteiger partial charge is 0.337 e. The number of hydrogen-bond acceptors (Lipinski definition) is 3. The van der Waals surface area contributed by atoms with Crippen LogP contribution in [0.3, 0.4) is 0 Å². The van der Waals surface area contributed by atoms with Gasteiger partial charge >= 0.3 is 0 Å². The van der Waals surface area contributed by atoms with E-state index in [-0.39, 0.29) is 41.3 Å². The van der Waals surface area contributed by atoms with Crippen LogP contribution >= 0.6 is 11.6 Å². The Bertz CT molecular complexity index is 841. The SMILES string of the molecule is CC(=O)N(CCNS(=O)(=O)c1ccccc1Cl)Cc1ccc(F)cc1. The molecule has 2 aromatic rings. The molecule has 0 aliphatic carbocycles. The molecule has 25 heavy (non-hydrogen) atoms. The summed E-state index contributed by atoms with van der Waals surface area (Å²) in [7, 11) is -3.76. The predicted octanol–water partition coefficient (Wildman–Crippen LogP) is 2.81. The summed E-state index contributed by atoms with van der Waals surface area (Å²) in [5, 5.41) is 0.129.